The van der Waals surface area contributed by atoms with Crippen LogP contribution in [0.15, 0.2) is 42.5 Å². The van der Waals surface area contributed by atoms with Gasteiger partial charge in [0.25, 0.3) is 0 Å². The molecular formula is C14H14N4O. The number of nitrogens with one attached hydrogen (secondary N) is 1. The Morgan fingerprint density at radius 2 is 1.89 bits per heavy atom. The first-order valence-corrected chi connectivity index (χ1v) is 5.99. The number of rotatable bonds is 3. The zero-order chi connectivity index (χ0) is 13.2. The number of pyridine rings is 1. The predicted octanol–water partition coefficient (Wildman–Crippen LogP) is 2.01. The van der Waals surface area contributed by atoms with Crippen LogP contribution in [-0.4, -0.2) is 22.1 Å². The highest BCUT2D eigenvalue weighted by Gasteiger charge is 2.14. The summed E-state index contributed by atoms with van der Waals surface area (Å²) in [5.41, 5.74) is 8.67. The lowest BCUT2D eigenvalue weighted by Crippen LogP contribution is -2.13. The van der Waals surface area contributed by atoms with Crippen molar-refractivity contribution in [3.05, 3.63) is 53.9 Å². The molecule has 0 aliphatic heterocycles. The minimum Gasteiger partial charge on any atom is -0.481 e. The van der Waals surface area contributed by atoms with Crippen LogP contribution in [0, 0.1) is 0 Å². The normalized spacial score (nSPS) is 12.5. The summed E-state index contributed by atoms with van der Waals surface area (Å²) in [7, 11) is 1.58. The van der Waals surface area contributed by atoms with E-state index in [0.29, 0.717) is 17.4 Å². The second kappa shape index (κ2) is 4.70. The molecule has 3 N–H and O–H groups in total. The van der Waals surface area contributed by atoms with Gasteiger partial charge in [0.05, 0.1) is 18.7 Å². The van der Waals surface area contributed by atoms with E-state index in [4.69, 9.17) is 10.5 Å². The van der Waals surface area contributed by atoms with E-state index in [2.05, 4.69) is 15.0 Å². The van der Waals surface area contributed by atoms with Gasteiger partial charge in [-0.25, -0.2) is 4.98 Å². The number of fused-ring (bicyclic) bond motifs is 1. The summed E-state index contributed by atoms with van der Waals surface area (Å²) in [4.78, 5) is 11.9. The van der Waals surface area contributed by atoms with Crippen LogP contribution < -0.4 is 10.5 Å². The van der Waals surface area contributed by atoms with Gasteiger partial charge in [-0.3, -0.25) is 0 Å². The number of H-pyrrole nitrogens is 1. The largest absolute Gasteiger partial charge is 0.481 e. The zero-order valence-electron chi connectivity index (χ0n) is 10.5. The summed E-state index contributed by atoms with van der Waals surface area (Å²) >= 11 is 0. The number of hydrogen-bond donors (Lipinski definition) is 2. The molecular weight excluding hydrogens is 240 g/mol. The molecule has 2 aromatic heterocycles. The molecule has 0 saturated heterocycles. The van der Waals surface area contributed by atoms with Gasteiger partial charge in [0.1, 0.15) is 5.82 Å². The highest BCUT2D eigenvalue weighted by Crippen LogP contribution is 2.20. The van der Waals surface area contributed by atoms with Gasteiger partial charge in [0.15, 0.2) is 5.65 Å². The van der Waals surface area contributed by atoms with Crippen molar-refractivity contribution in [3.63, 3.8) is 0 Å². The fourth-order valence-electron chi connectivity index (χ4n) is 1.97. The van der Waals surface area contributed by atoms with Gasteiger partial charge in [-0.15, -0.1) is 0 Å². The number of imidazole rings is 1. The summed E-state index contributed by atoms with van der Waals surface area (Å²) in [6, 6.07) is 13.2. The Balaban J connectivity index is 2.01. The molecule has 1 aromatic carbocycles. The zero-order valence-corrected chi connectivity index (χ0v) is 10.5. The average Bonchev–Trinajstić information content (AvgIpc) is 2.90. The SMILES string of the molecule is COc1ccc2[nH]c(C(N)c3ccccc3)nc2n1. The van der Waals surface area contributed by atoms with Gasteiger partial charge in [0, 0.05) is 6.07 Å². The van der Waals surface area contributed by atoms with Gasteiger partial charge in [0.2, 0.25) is 5.88 Å². The topological polar surface area (TPSA) is 76.8 Å². The molecule has 1 unspecified atom stereocenters. The number of nitrogens with two attached hydrogens (primary N) is 1. The smallest absolute Gasteiger partial charge is 0.215 e. The number of nitrogens with zero attached hydrogens (tertiary/aromatic N) is 2. The quantitative estimate of drug-likeness (QED) is 0.749. The minimum atomic E-state index is -0.290. The molecule has 0 aliphatic carbocycles. The molecule has 3 rings (SSSR count). The van der Waals surface area contributed by atoms with Gasteiger partial charge in [-0.1, -0.05) is 30.3 Å². The van der Waals surface area contributed by atoms with E-state index < -0.39 is 0 Å². The van der Waals surface area contributed by atoms with E-state index in [1.165, 1.54) is 0 Å². The van der Waals surface area contributed by atoms with Crippen LogP contribution >= 0.6 is 0 Å². The third-order valence-corrected chi connectivity index (χ3v) is 3.00. The highest BCUT2D eigenvalue weighted by molar-refractivity contribution is 5.71. The fourth-order valence-corrected chi connectivity index (χ4v) is 1.97. The first-order valence-electron chi connectivity index (χ1n) is 5.99. The molecule has 5 heteroatoms. The van der Waals surface area contributed by atoms with Gasteiger partial charge < -0.3 is 15.5 Å². The maximum atomic E-state index is 6.20. The number of methoxy groups -OCH3 is 1. The van der Waals surface area contributed by atoms with E-state index >= 15 is 0 Å². The Morgan fingerprint density at radius 1 is 1.11 bits per heavy atom. The first kappa shape index (κ1) is 11.7. The van der Waals surface area contributed by atoms with Crippen molar-refractivity contribution in [1.29, 1.82) is 0 Å². The molecule has 0 spiro atoms. The van der Waals surface area contributed by atoms with Crippen molar-refractivity contribution in [2.75, 3.05) is 7.11 Å². The number of aromatic nitrogens is 3. The van der Waals surface area contributed by atoms with Crippen LogP contribution in [0.2, 0.25) is 0 Å². The van der Waals surface area contributed by atoms with E-state index in [1.54, 1.807) is 13.2 Å². The Hall–Kier alpha value is -2.40. The van der Waals surface area contributed by atoms with Crippen molar-refractivity contribution in [2.45, 2.75) is 6.04 Å². The van der Waals surface area contributed by atoms with E-state index in [-0.39, 0.29) is 6.04 Å². The number of ether oxygens (including phenoxy) is 1. The van der Waals surface area contributed by atoms with E-state index in [1.807, 2.05) is 36.4 Å². The Labute approximate surface area is 110 Å². The van der Waals surface area contributed by atoms with Crippen LogP contribution in [0.5, 0.6) is 5.88 Å². The maximum absolute atomic E-state index is 6.20. The molecule has 2 heterocycles. The van der Waals surface area contributed by atoms with Crippen LogP contribution in [0.25, 0.3) is 11.2 Å². The van der Waals surface area contributed by atoms with Crippen molar-refractivity contribution in [1.82, 2.24) is 15.0 Å². The Kier molecular flexibility index (Phi) is 2.89. The molecule has 0 fully saturated rings. The summed E-state index contributed by atoms with van der Waals surface area (Å²) < 4.78 is 5.08. The fraction of sp³-hybridized carbons (Fsp3) is 0.143. The van der Waals surface area contributed by atoms with Crippen LogP contribution in [0.3, 0.4) is 0 Å². The Morgan fingerprint density at radius 3 is 2.63 bits per heavy atom. The molecule has 1 atom stereocenters. The first-order chi connectivity index (χ1) is 9.28. The summed E-state index contributed by atoms with van der Waals surface area (Å²) in [5.74, 6) is 1.24. The summed E-state index contributed by atoms with van der Waals surface area (Å²) in [6.07, 6.45) is 0. The predicted molar refractivity (Wildman–Crippen MR) is 72.9 cm³/mol. The molecule has 96 valence electrons. The minimum absolute atomic E-state index is 0.290. The molecule has 0 radical (unpaired) electrons. The number of benzene rings is 1. The molecule has 0 saturated carbocycles. The number of aromatic amines is 1. The van der Waals surface area contributed by atoms with Crippen LogP contribution in [0.1, 0.15) is 17.4 Å². The second-order valence-electron chi connectivity index (χ2n) is 4.24. The monoisotopic (exact) mass is 254 g/mol. The molecule has 0 amide bonds. The van der Waals surface area contributed by atoms with Crippen LogP contribution in [-0.2, 0) is 0 Å². The van der Waals surface area contributed by atoms with Crippen molar-refractivity contribution < 1.29 is 4.74 Å². The molecule has 0 bridgehead atoms. The van der Waals surface area contributed by atoms with Crippen LogP contribution in [0.4, 0.5) is 0 Å². The lowest BCUT2D eigenvalue weighted by atomic mass is 10.1. The molecule has 5 nitrogen and oxygen atoms in total. The lowest BCUT2D eigenvalue weighted by molar-refractivity contribution is 0.399. The Bertz CT molecular complexity index is 693. The van der Waals surface area contributed by atoms with E-state index in [9.17, 15) is 0 Å². The van der Waals surface area contributed by atoms with Crippen molar-refractivity contribution in [2.24, 2.45) is 5.73 Å². The average molecular weight is 254 g/mol. The molecule has 0 aliphatic rings. The van der Waals surface area contributed by atoms with Gasteiger partial charge in [-0.05, 0) is 11.6 Å². The second-order valence-corrected chi connectivity index (χ2v) is 4.24. The molecule has 19 heavy (non-hydrogen) atoms. The molecule has 3 aromatic rings. The van der Waals surface area contributed by atoms with Crippen molar-refractivity contribution >= 4 is 11.2 Å². The third kappa shape index (κ3) is 2.15. The summed E-state index contributed by atoms with van der Waals surface area (Å²) in [5, 5.41) is 0. The van der Waals surface area contributed by atoms with Gasteiger partial charge >= 0.3 is 0 Å². The third-order valence-electron chi connectivity index (χ3n) is 3.00. The lowest BCUT2D eigenvalue weighted by Gasteiger charge is -2.07. The van der Waals surface area contributed by atoms with Gasteiger partial charge in [-0.2, -0.15) is 4.98 Å². The summed E-state index contributed by atoms with van der Waals surface area (Å²) in [6.45, 7) is 0. The number of hydrogen-bond acceptors (Lipinski definition) is 4. The standard InChI is InChI=1S/C14H14N4O/c1-19-11-8-7-10-13(17-11)18-14(16-10)12(15)9-5-3-2-4-6-9/h2-8,12H,15H2,1H3,(H,16,17,18). The van der Waals surface area contributed by atoms with Crippen molar-refractivity contribution in [3.8, 4) is 5.88 Å². The highest BCUT2D eigenvalue weighted by atomic mass is 16.5. The van der Waals surface area contributed by atoms with E-state index in [0.717, 1.165) is 11.1 Å². The maximum Gasteiger partial charge on any atom is 0.215 e.